The van der Waals surface area contributed by atoms with Crippen molar-refractivity contribution in [3.8, 4) is 5.75 Å². The Balaban J connectivity index is 1.31. The quantitative estimate of drug-likeness (QED) is 0.523. The highest BCUT2D eigenvalue weighted by atomic mass is 19.1. The van der Waals surface area contributed by atoms with E-state index in [1.807, 2.05) is 30.3 Å². The average Bonchev–Trinajstić information content (AvgIpc) is 3.44. The van der Waals surface area contributed by atoms with Crippen LogP contribution in [0.4, 0.5) is 4.39 Å². The summed E-state index contributed by atoms with van der Waals surface area (Å²) in [5, 5.41) is 10.2. The number of H-pyrrole nitrogens is 1. The van der Waals surface area contributed by atoms with E-state index in [0.29, 0.717) is 12.5 Å². The Labute approximate surface area is 175 Å². The van der Waals surface area contributed by atoms with Crippen LogP contribution >= 0.6 is 0 Å². The number of carboxylic acid groups (broad SMARTS) is 1. The standard InChI is InChI=1S/C25H26FNO3/c26-22-11-15(5-8-19(22)16-3-1-2-4-16)14-30-18-7-10-23-21(13-18)20-9-6-17(12-24(28)29)25(20)27-23/h5,7-8,10-11,13,16-17,27H,1-4,6,9,12,14H2,(H,28,29). The Kier molecular flexibility index (Phi) is 4.97. The van der Waals surface area contributed by atoms with Crippen molar-refractivity contribution in [3.63, 3.8) is 0 Å². The van der Waals surface area contributed by atoms with Gasteiger partial charge in [0.2, 0.25) is 0 Å². The largest absolute Gasteiger partial charge is 0.489 e. The highest BCUT2D eigenvalue weighted by Gasteiger charge is 2.28. The van der Waals surface area contributed by atoms with E-state index in [9.17, 15) is 9.18 Å². The molecule has 0 spiro atoms. The number of aryl methyl sites for hydroxylation is 1. The van der Waals surface area contributed by atoms with Gasteiger partial charge in [-0.1, -0.05) is 25.0 Å². The predicted octanol–water partition coefficient (Wildman–Crippen LogP) is 6.05. The molecule has 1 saturated carbocycles. The number of hydrogen-bond acceptors (Lipinski definition) is 2. The number of ether oxygens (including phenoxy) is 1. The lowest BCUT2D eigenvalue weighted by atomic mass is 9.96. The number of carboxylic acids is 1. The summed E-state index contributed by atoms with van der Waals surface area (Å²) in [6.45, 7) is 0.321. The molecule has 3 aromatic rings. The first-order valence-electron chi connectivity index (χ1n) is 10.9. The number of rotatable bonds is 6. The minimum atomic E-state index is -0.762. The van der Waals surface area contributed by atoms with Gasteiger partial charge in [-0.2, -0.15) is 0 Å². The highest BCUT2D eigenvalue weighted by molar-refractivity contribution is 5.87. The summed E-state index contributed by atoms with van der Waals surface area (Å²) in [5.41, 5.74) is 4.93. The molecule has 0 bridgehead atoms. The van der Waals surface area contributed by atoms with Crippen molar-refractivity contribution in [1.29, 1.82) is 0 Å². The van der Waals surface area contributed by atoms with Crippen molar-refractivity contribution in [3.05, 3.63) is 64.6 Å². The number of halogens is 1. The van der Waals surface area contributed by atoms with Gasteiger partial charge in [-0.05, 0) is 72.6 Å². The van der Waals surface area contributed by atoms with Gasteiger partial charge in [-0.3, -0.25) is 4.79 Å². The number of aromatic nitrogens is 1. The number of carbonyl (C=O) groups is 1. The molecule has 2 aliphatic rings. The van der Waals surface area contributed by atoms with E-state index in [0.717, 1.165) is 59.2 Å². The van der Waals surface area contributed by atoms with Crippen molar-refractivity contribution in [1.82, 2.24) is 4.98 Å². The maximum Gasteiger partial charge on any atom is 0.304 e. The van der Waals surface area contributed by atoms with Gasteiger partial charge in [0.25, 0.3) is 0 Å². The summed E-state index contributed by atoms with van der Waals surface area (Å²) in [5.74, 6) is 0.276. The predicted molar refractivity (Wildman–Crippen MR) is 114 cm³/mol. The van der Waals surface area contributed by atoms with E-state index < -0.39 is 5.97 Å². The molecule has 2 aromatic carbocycles. The zero-order valence-corrected chi connectivity index (χ0v) is 16.9. The molecule has 1 fully saturated rings. The molecule has 1 unspecified atom stereocenters. The molecule has 1 atom stereocenters. The number of benzene rings is 2. The number of aromatic amines is 1. The summed E-state index contributed by atoms with van der Waals surface area (Å²) < 4.78 is 20.5. The summed E-state index contributed by atoms with van der Waals surface area (Å²) in [7, 11) is 0. The zero-order valence-electron chi connectivity index (χ0n) is 16.9. The van der Waals surface area contributed by atoms with E-state index >= 15 is 0 Å². The van der Waals surface area contributed by atoms with Gasteiger partial charge in [0.15, 0.2) is 0 Å². The van der Waals surface area contributed by atoms with Crippen LogP contribution in [0.2, 0.25) is 0 Å². The number of fused-ring (bicyclic) bond motifs is 3. The summed E-state index contributed by atoms with van der Waals surface area (Å²) in [4.78, 5) is 14.5. The molecule has 0 amide bonds. The topological polar surface area (TPSA) is 62.3 Å². The fourth-order valence-corrected chi connectivity index (χ4v) is 5.23. The van der Waals surface area contributed by atoms with Crippen LogP contribution in [-0.2, 0) is 17.8 Å². The van der Waals surface area contributed by atoms with Crippen LogP contribution in [0, 0.1) is 5.82 Å². The molecule has 1 aromatic heterocycles. The van der Waals surface area contributed by atoms with Crippen LogP contribution in [0.3, 0.4) is 0 Å². The number of nitrogens with one attached hydrogen (secondary N) is 1. The highest BCUT2D eigenvalue weighted by Crippen LogP contribution is 2.40. The van der Waals surface area contributed by atoms with Crippen LogP contribution in [0.5, 0.6) is 5.75 Å². The lowest BCUT2D eigenvalue weighted by Crippen LogP contribution is -2.03. The van der Waals surface area contributed by atoms with Gasteiger partial charge >= 0.3 is 5.97 Å². The Bertz CT molecular complexity index is 1100. The van der Waals surface area contributed by atoms with E-state index in [1.54, 1.807) is 6.07 Å². The third-order valence-electron chi connectivity index (χ3n) is 6.75. The molecular formula is C25H26FNO3. The van der Waals surface area contributed by atoms with Crippen LogP contribution in [-0.4, -0.2) is 16.1 Å². The van der Waals surface area contributed by atoms with Crippen molar-refractivity contribution < 1.29 is 19.0 Å². The van der Waals surface area contributed by atoms with Crippen LogP contribution in [0.25, 0.3) is 10.9 Å². The molecule has 4 nitrogen and oxygen atoms in total. The third-order valence-corrected chi connectivity index (χ3v) is 6.75. The minimum Gasteiger partial charge on any atom is -0.489 e. The van der Waals surface area contributed by atoms with Gasteiger partial charge in [0.1, 0.15) is 18.2 Å². The molecule has 1 heterocycles. The summed E-state index contributed by atoms with van der Waals surface area (Å²) in [6.07, 6.45) is 6.45. The fraction of sp³-hybridized carbons (Fsp3) is 0.400. The molecule has 0 aliphatic heterocycles. The first-order valence-corrected chi connectivity index (χ1v) is 10.9. The molecule has 2 aliphatic carbocycles. The first kappa shape index (κ1) is 19.2. The van der Waals surface area contributed by atoms with Crippen LogP contribution < -0.4 is 4.74 Å². The maximum absolute atomic E-state index is 14.6. The fourth-order valence-electron chi connectivity index (χ4n) is 5.23. The van der Waals surface area contributed by atoms with Crippen LogP contribution in [0.15, 0.2) is 36.4 Å². The van der Waals surface area contributed by atoms with Gasteiger partial charge in [0.05, 0.1) is 6.42 Å². The summed E-state index contributed by atoms with van der Waals surface area (Å²) >= 11 is 0. The molecule has 156 valence electrons. The Morgan fingerprint density at radius 2 is 1.97 bits per heavy atom. The van der Waals surface area contributed by atoms with Gasteiger partial charge in [0, 0.05) is 22.5 Å². The SMILES string of the molecule is O=C(O)CC1CCc2c1[nH]c1ccc(OCc3ccc(C4CCCC4)c(F)c3)cc21. The smallest absolute Gasteiger partial charge is 0.304 e. The second-order valence-electron chi connectivity index (χ2n) is 8.68. The van der Waals surface area contributed by atoms with Crippen molar-refractivity contribution >= 4 is 16.9 Å². The van der Waals surface area contributed by atoms with Gasteiger partial charge in [-0.15, -0.1) is 0 Å². The number of hydrogen-bond donors (Lipinski definition) is 2. The molecule has 5 rings (SSSR count). The van der Waals surface area contributed by atoms with E-state index in [-0.39, 0.29) is 18.2 Å². The van der Waals surface area contributed by atoms with Gasteiger partial charge < -0.3 is 14.8 Å². The van der Waals surface area contributed by atoms with E-state index in [2.05, 4.69) is 4.98 Å². The lowest BCUT2D eigenvalue weighted by molar-refractivity contribution is -0.137. The van der Waals surface area contributed by atoms with Crippen molar-refractivity contribution in [2.75, 3.05) is 0 Å². The lowest BCUT2D eigenvalue weighted by Gasteiger charge is -2.12. The maximum atomic E-state index is 14.6. The average molecular weight is 407 g/mol. The summed E-state index contributed by atoms with van der Waals surface area (Å²) in [6, 6.07) is 11.4. The molecule has 0 radical (unpaired) electrons. The third kappa shape index (κ3) is 3.57. The second kappa shape index (κ2) is 7.78. The minimum absolute atomic E-state index is 0.0515. The molecule has 5 heteroatoms. The normalized spacial score (nSPS) is 18.8. The Hall–Kier alpha value is -2.82. The first-order chi connectivity index (χ1) is 14.6. The Morgan fingerprint density at radius 3 is 2.73 bits per heavy atom. The molecule has 2 N–H and O–H groups in total. The zero-order chi connectivity index (χ0) is 20.7. The van der Waals surface area contributed by atoms with E-state index in [1.165, 1.54) is 18.4 Å². The Morgan fingerprint density at radius 1 is 1.13 bits per heavy atom. The number of aliphatic carboxylic acids is 1. The van der Waals surface area contributed by atoms with Gasteiger partial charge in [-0.25, -0.2) is 4.39 Å². The second-order valence-corrected chi connectivity index (χ2v) is 8.68. The van der Waals surface area contributed by atoms with Crippen molar-refractivity contribution in [2.45, 2.75) is 63.4 Å². The molecular weight excluding hydrogens is 381 g/mol. The molecule has 30 heavy (non-hydrogen) atoms. The molecule has 0 saturated heterocycles. The van der Waals surface area contributed by atoms with Crippen molar-refractivity contribution in [2.24, 2.45) is 0 Å². The van der Waals surface area contributed by atoms with Crippen LogP contribution in [0.1, 0.15) is 72.7 Å². The van der Waals surface area contributed by atoms with E-state index in [4.69, 9.17) is 9.84 Å². The monoisotopic (exact) mass is 407 g/mol.